The monoisotopic (exact) mass is 351 g/mol. The van der Waals surface area contributed by atoms with Gasteiger partial charge in [-0.05, 0) is 50.4 Å². The van der Waals surface area contributed by atoms with Crippen LogP contribution >= 0.6 is 7.92 Å². The molecule has 1 N–H and O–H groups in total. The topological polar surface area (TPSA) is 23.5 Å². The molecule has 2 atom stereocenters. The van der Waals surface area contributed by atoms with Crippen molar-refractivity contribution in [1.82, 2.24) is 4.90 Å². The standard InChI is InChI=1S/C22H26NOP/c1-17(23(2)3)20-14-15-22(21(20)16-24)25(18-10-6-4-7-11-18)19-12-8-5-9-13-19/h4-15,17,20,24H,16H2,1-3H3/t17-,20?/m1/s1. The largest absolute Gasteiger partial charge is 0.392 e. The second-order valence-electron chi connectivity index (χ2n) is 6.66. The summed E-state index contributed by atoms with van der Waals surface area (Å²) in [5, 5.41) is 14.1. The summed E-state index contributed by atoms with van der Waals surface area (Å²) < 4.78 is 0. The molecule has 2 aromatic rings. The quantitative estimate of drug-likeness (QED) is 0.805. The molecule has 3 rings (SSSR count). The molecule has 0 radical (unpaired) electrons. The first-order chi connectivity index (χ1) is 12.1. The van der Waals surface area contributed by atoms with Crippen molar-refractivity contribution in [2.75, 3.05) is 20.7 Å². The number of benzene rings is 2. The number of rotatable bonds is 6. The minimum atomic E-state index is -0.654. The first-order valence-corrected chi connectivity index (χ1v) is 10.1. The van der Waals surface area contributed by atoms with Crippen molar-refractivity contribution in [3.05, 3.63) is 83.7 Å². The van der Waals surface area contributed by atoms with Gasteiger partial charge in [-0.25, -0.2) is 0 Å². The zero-order valence-corrected chi connectivity index (χ0v) is 16.0. The van der Waals surface area contributed by atoms with E-state index >= 15 is 0 Å². The predicted molar refractivity (Wildman–Crippen MR) is 109 cm³/mol. The Hall–Kier alpha value is -1.73. The van der Waals surface area contributed by atoms with Gasteiger partial charge in [-0.3, -0.25) is 0 Å². The molecule has 3 heteroatoms. The van der Waals surface area contributed by atoms with Crippen LogP contribution in [0.2, 0.25) is 0 Å². The van der Waals surface area contributed by atoms with Gasteiger partial charge in [0.25, 0.3) is 0 Å². The van der Waals surface area contributed by atoms with Crippen molar-refractivity contribution in [3.63, 3.8) is 0 Å². The number of aliphatic hydroxyl groups is 1. The Morgan fingerprint density at radius 1 is 0.960 bits per heavy atom. The van der Waals surface area contributed by atoms with Crippen LogP contribution in [0.4, 0.5) is 0 Å². The van der Waals surface area contributed by atoms with Crippen molar-refractivity contribution in [1.29, 1.82) is 0 Å². The average molecular weight is 351 g/mol. The van der Waals surface area contributed by atoms with Crippen molar-refractivity contribution in [2.45, 2.75) is 13.0 Å². The lowest BCUT2D eigenvalue weighted by molar-refractivity contribution is 0.253. The smallest absolute Gasteiger partial charge is 0.0657 e. The number of nitrogens with zero attached hydrogens (tertiary/aromatic N) is 1. The van der Waals surface area contributed by atoms with Crippen molar-refractivity contribution >= 4 is 18.5 Å². The Kier molecular flexibility index (Phi) is 5.86. The van der Waals surface area contributed by atoms with E-state index in [1.54, 1.807) is 0 Å². The Morgan fingerprint density at radius 3 is 1.92 bits per heavy atom. The van der Waals surface area contributed by atoms with Crippen LogP contribution in [0.25, 0.3) is 0 Å². The molecule has 130 valence electrons. The summed E-state index contributed by atoms with van der Waals surface area (Å²) in [6.45, 7) is 2.34. The van der Waals surface area contributed by atoms with Gasteiger partial charge in [0, 0.05) is 12.0 Å². The third-order valence-corrected chi connectivity index (χ3v) is 7.51. The molecule has 0 amide bonds. The van der Waals surface area contributed by atoms with Gasteiger partial charge in [0.15, 0.2) is 0 Å². The average Bonchev–Trinajstić information content (AvgIpc) is 3.06. The van der Waals surface area contributed by atoms with E-state index in [-0.39, 0.29) is 12.5 Å². The van der Waals surface area contributed by atoms with Crippen LogP contribution in [0.15, 0.2) is 83.7 Å². The maximum absolute atomic E-state index is 10.2. The van der Waals surface area contributed by atoms with E-state index in [4.69, 9.17) is 0 Å². The van der Waals surface area contributed by atoms with Crippen LogP contribution in [0, 0.1) is 5.92 Å². The lowest BCUT2D eigenvalue weighted by Crippen LogP contribution is -2.32. The van der Waals surface area contributed by atoms with E-state index in [1.165, 1.54) is 21.5 Å². The van der Waals surface area contributed by atoms with E-state index in [0.29, 0.717) is 6.04 Å². The molecular formula is C22H26NOP. The summed E-state index contributed by atoms with van der Waals surface area (Å²) in [7, 11) is 3.55. The fourth-order valence-electron chi connectivity index (χ4n) is 3.35. The van der Waals surface area contributed by atoms with Gasteiger partial charge >= 0.3 is 0 Å². The van der Waals surface area contributed by atoms with E-state index in [1.807, 2.05) is 0 Å². The molecule has 0 fully saturated rings. The Labute approximate surface area is 152 Å². The van der Waals surface area contributed by atoms with E-state index in [2.05, 4.69) is 98.7 Å². The van der Waals surface area contributed by atoms with Gasteiger partial charge in [0.2, 0.25) is 0 Å². The molecule has 1 aliphatic carbocycles. The highest BCUT2D eigenvalue weighted by atomic mass is 31.1. The molecule has 0 aliphatic heterocycles. The van der Waals surface area contributed by atoms with Gasteiger partial charge in [-0.1, -0.05) is 72.8 Å². The van der Waals surface area contributed by atoms with Crippen molar-refractivity contribution in [3.8, 4) is 0 Å². The predicted octanol–water partition coefficient (Wildman–Crippen LogP) is 3.50. The second-order valence-corrected chi connectivity index (χ2v) is 8.85. The fraction of sp³-hybridized carbons (Fsp3) is 0.273. The zero-order chi connectivity index (χ0) is 17.8. The van der Waals surface area contributed by atoms with E-state index < -0.39 is 7.92 Å². The normalized spacial score (nSPS) is 18.4. The second kappa shape index (κ2) is 8.10. The molecule has 1 aliphatic rings. The number of allylic oxidation sites excluding steroid dienone is 2. The van der Waals surface area contributed by atoms with Crippen molar-refractivity contribution in [2.24, 2.45) is 5.92 Å². The molecule has 0 spiro atoms. The first kappa shape index (κ1) is 18.1. The summed E-state index contributed by atoms with van der Waals surface area (Å²) >= 11 is 0. The van der Waals surface area contributed by atoms with Crippen LogP contribution in [-0.2, 0) is 0 Å². The SMILES string of the molecule is C[C@H](C1C=CC(P(c2ccccc2)c2ccccc2)=C1CO)N(C)C. The van der Waals surface area contributed by atoms with Gasteiger partial charge in [0.05, 0.1) is 6.61 Å². The summed E-state index contributed by atoms with van der Waals surface area (Å²) in [5.74, 6) is 0.271. The Balaban J connectivity index is 2.10. The van der Waals surface area contributed by atoms with E-state index in [9.17, 15) is 5.11 Å². The van der Waals surface area contributed by atoms with Gasteiger partial charge in [0.1, 0.15) is 0 Å². The highest BCUT2D eigenvalue weighted by molar-refractivity contribution is 7.77. The maximum Gasteiger partial charge on any atom is 0.0657 e. The minimum absolute atomic E-state index is 0.115. The minimum Gasteiger partial charge on any atom is -0.392 e. The van der Waals surface area contributed by atoms with Crippen LogP contribution in [0.1, 0.15) is 6.92 Å². The zero-order valence-electron chi connectivity index (χ0n) is 15.1. The molecule has 25 heavy (non-hydrogen) atoms. The van der Waals surface area contributed by atoms with Crippen LogP contribution in [0.5, 0.6) is 0 Å². The molecule has 2 aromatic carbocycles. The number of hydrogen-bond acceptors (Lipinski definition) is 2. The van der Waals surface area contributed by atoms with Crippen LogP contribution in [0.3, 0.4) is 0 Å². The molecule has 0 heterocycles. The molecule has 1 unspecified atom stereocenters. The highest BCUT2D eigenvalue weighted by Crippen LogP contribution is 2.49. The number of aliphatic hydroxyl groups excluding tert-OH is 1. The molecule has 0 aromatic heterocycles. The van der Waals surface area contributed by atoms with Crippen LogP contribution in [-0.4, -0.2) is 36.8 Å². The summed E-state index contributed by atoms with van der Waals surface area (Å²) in [5.41, 5.74) is 1.17. The van der Waals surface area contributed by atoms with Gasteiger partial charge in [-0.2, -0.15) is 0 Å². The fourth-order valence-corrected chi connectivity index (χ4v) is 5.89. The summed E-state index contributed by atoms with van der Waals surface area (Å²) in [6.07, 6.45) is 4.52. The maximum atomic E-state index is 10.2. The van der Waals surface area contributed by atoms with Gasteiger partial charge < -0.3 is 10.0 Å². The third kappa shape index (κ3) is 3.77. The summed E-state index contributed by atoms with van der Waals surface area (Å²) in [4.78, 5) is 2.22. The number of hydrogen-bond donors (Lipinski definition) is 1. The lowest BCUT2D eigenvalue weighted by Gasteiger charge is -2.28. The van der Waals surface area contributed by atoms with Gasteiger partial charge in [-0.15, -0.1) is 0 Å². The molecule has 2 nitrogen and oxygen atoms in total. The molecule has 0 bridgehead atoms. The molecular weight excluding hydrogens is 325 g/mol. The summed E-state index contributed by atoms with van der Waals surface area (Å²) in [6, 6.07) is 21.7. The Morgan fingerprint density at radius 2 is 1.48 bits per heavy atom. The first-order valence-electron chi connectivity index (χ1n) is 8.72. The lowest BCUT2D eigenvalue weighted by atomic mass is 9.95. The van der Waals surface area contributed by atoms with Crippen LogP contribution < -0.4 is 10.6 Å². The molecule has 0 saturated heterocycles. The highest BCUT2D eigenvalue weighted by Gasteiger charge is 2.30. The Bertz CT molecular complexity index is 713. The molecule has 0 saturated carbocycles. The third-order valence-electron chi connectivity index (χ3n) is 4.97. The van der Waals surface area contributed by atoms with Crippen molar-refractivity contribution < 1.29 is 5.11 Å². The van der Waals surface area contributed by atoms with E-state index in [0.717, 1.165) is 0 Å².